The Labute approximate surface area is 118 Å². The molecule has 0 spiro atoms. The van der Waals surface area contributed by atoms with E-state index in [1.807, 2.05) is 11.7 Å². The van der Waals surface area contributed by atoms with E-state index in [-0.39, 0.29) is 0 Å². The first-order chi connectivity index (χ1) is 9.06. The number of hydrogen-bond donors (Lipinski definition) is 1. The zero-order valence-electron chi connectivity index (χ0n) is 13.5. The zero-order valence-corrected chi connectivity index (χ0v) is 13.5. The number of aryl methyl sites for hydroxylation is 2. The van der Waals surface area contributed by atoms with Crippen molar-refractivity contribution in [2.75, 3.05) is 18.5 Å². The van der Waals surface area contributed by atoms with Gasteiger partial charge in [-0.15, -0.1) is 0 Å². The van der Waals surface area contributed by atoms with Gasteiger partial charge >= 0.3 is 0 Å². The van der Waals surface area contributed by atoms with Gasteiger partial charge in [0.2, 0.25) is 0 Å². The van der Waals surface area contributed by atoms with Gasteiger partial charge in [0.15, 0.2) is 0 Å². The van der Waals surface area contributed by atoms with E-state index in [2.05, 4.69) is 50.1 Å². The third-order valence-corrected chi connectivity index (χ3v) is 3.87. The molecule has 0 amide bonds. The monoisotopic (exact) mass is 266 g/mol. The summed E-state index contributed by atoms with van der Waals surface area (Å²) in [5.74, 6) is 1.26. The smallest absolute Gasteiger partial charge is 0.131 e. The molecule has 1 aromatic rings. The molecule has 0 unspecified atom stereocenters. The normalized spacial score (nSPS) is 11.3. The number of anilines is 1. The maximum atomic E-state index is 4.60. The molecule has 0 radical (unpaired) electrons. The van der Waals surface area contributed by atoms with E-state index in [1.165, 1.54) is 24.2 Å². The molecule has 0 bridgehead atoms. The summed E-state index contributed by atoms with van der Waals surface area (Å²) in [5, 5.41) is 8.09. The van der Waals surface area contributed by atoms with Crippen LogP contribution in [0.25, 0.3) is 0 Å². The largest absolute Gasteiger partial charge is 0.357 e. The molecule has 1 heterocycles. The molecule has 19 heavy (non-hydrogen) atoms. The van der Waals surface area contributed by atoms with Crippen molar-refractivity contribution in [3.8, 4) is 0 Å². The van der Waals surface area contributed by atoms with E-state index in [0.29, 0.717) is 6.04 Å². The molecule has 0 saturated heterocycles. The van der Waals surface area contributed by atoms with E-state index >= 15 is 0 Å². The fourth-order valence-electron chi connectivity index (χ4n) is 2.74. The zero-order chi connectivity index (χ0) is 14.4. The Morgan fingerprint density at radius 2 is 1.89 bits per heavy atom. The molecule has 1 aromatic heterocycles. The van der Waals surface area contributed by atoms with Crippen molar-refractivity contribution in [2.24, 2.45) is 7.05 Å². The molecular weight excluding hydrogens is 236 g/mol. The van der Waals surface area contributed by atoms with Crippen LogP contribution in [0.2, 0.25) is 0 Å². The van der Waals surface area contributed by atoms with Crippen LogP contribution in [0.5, 0.6) is 0 Å². The quantitative estimate of drug-likeness (QED) is 0.735. The summed E-state index contributed by atoms with van der Waals surface area (Å²) in [4.78, 5) is 2.39. The molecular formula is C15H30N4. The van der Waals surface area contributed by atoms with Crippen LogP contribution >= 0.6 is 0 Å². The van der Waals surface area contributed by atoms with Crippen molar-refractivity contribution in [2.45, 2.75) is 59.5 Å². The molecule has 4 heteroatoms. The average Bonchev–Trinajstić information content (AvgIpc) is 2.66. The first-order valence-electron chi connectivity index (χ1n) is 7.52. The van der Waals surface area contributed by atoms with Crippen LogP contribution in [0.15, 0.2) is 0 Å². The summed E-state index contributed by atoms with van der Waals surface area (Å²) in [5.41, 5.74) is 2.48. The molecule has 0 saturated carbocycles. The van der Waals surface area contributed by atoms with Crippen molar-refractivity contribution in [1.82, 2.24) is 15.1 Å². The molecule has 0 fully saturated rings. The first kappa shape index (κ1) is 16.0. The molecule has 1 N–H and O–H groups in total. The fourth-order valence-corrected chi connectivity index (χ4v) is 2.74. The first-order valence-corrected chi connectivity index (χ1v) is 7.52. The van der Waals surface area contributed by atoms with Crippen LogP contribution in [0.3, 0.4) is 0 Å². The van der Waals surface area contributed by atoms with Crippen LogP contribution in [0.1, 0.15) is 51.3 Å². The van der Waals surface area contributed by atoms with Crippen molar-refractivity contribution >= 4 is 5.82 Å². The van der Waals surface area contributed by atoms with E-state index < -0.39 is 0 Å². The van der Waals surface area contributed by atoms with Crippen molar-refractivity contribution in [3.63, 3.8) is 0 Å². The highest BCUT2D eigenvalue weighted by atomic mass is 15.4. The van der Waals surface area contributed by atoms with Gasteiger partial charge in [-0.25, -0.2) is 0 Å². The van der Waals surface area contributed by atoms with Gasteiger partial charge in [0.25, 0.3) is 0 Å². The van der Waals surface area contributed by atoms with Crippen LogP contribution in [-0.2, 0) is 13.6 Å². The lowest BCUT2D eigenvalue weighted by atomic mass is 10.1. The van der Waals surface area contributed by atoms with Crippen molar-refractivity contribution in [3.05, 3.63) is 11.3 Å². The molecule has 0 aliphatic rings. The van der Waals surface area contributed by atoms with Crippen LogP contribution < -0.4 is 10.2 Å². The number of nitrogens with zero attached hydrogens (tertiary/aromatic N) is 3. The Morgan fingerprint density at radius 3 is 2.42 bits per heavy atom. The summed E-state index contributed by atoms with van der Waals surface area (Å²) in [6, 6.07) is 0.583. The molecule has 110 valence electrons. The van der Waals surface area contributed by atoms with Crippen LogP contribution in [-0.4, -0.2) is 29.4 Å². The SMILES string of the molecule is CCCNCc1c(C)nn(C)c1N(C)C(CC)CC. The van der Waals surface area contributed by atoms with Gasteiger partial charge in [-0.1, -0.05) is 20.8 Å². The summed E-state index contributed by atoms with van der Waals surface area (Å²) >= 11 is 0. The van der Waals surface area contributed by atoms with Gasteiger partial charge in [-0.2, -0.15) is 5.10 Å². The summed E-state index contributed by atoms with van der Waals surface area (Å²) in [7, 11) is 4.24. The van der Waals surface area contributed by atoms with Crippen molar-refractivity contribution in [1.29, 1.82) is 0 Å². The second-order valence-corrected chi connectivity index (χ2v) is 5.27. The highest BCUT2D eigenvalue weighted by Gasteiger charge is 2.20. The topological polar surface area (TPSA) is 33.1 Å². The molecule has 0 aliphatic heterocycles. The van der Waals surface area contributed by atoms with E-state index in [0.717, 1.165) is 25.2 Å². The molecule has 0 aliphatic carbocycles. The van der Waals surface area contributed by atoms with Gasteiger partial charge in [-0.05, 0) is 32.7 Å². The lowest BCUT2D eigenvalue weighted by molar-refractivity contribution is 0.569. The maximum Gasteiger partial charge on any atom is 0.131 e. The van der Waals surface area contributed by atoms with E-state index in [1.54, 1.807) is 0 Å². The average molecular weight is 266 g/mol. The van der Waals surface area contributed by atoms with E-state index in [9.17, 15) is 0 Å². The van der Waals surface area contributed by atoms with Gasteiger partial charge in [0.1, 0.15) is 5.82 Å². The minimum atomic E-state index is 0.583. The second-order valence-electron chi connectivity index (χ2n) is 5.27. The Bertz CT molecular complexity index is 380. The number of hydrogen-bond acceptors (Lipinski definition) is 3. The maximum absolute atomic E-state index is 4.60. The summed E-state index contributed by atoms with van der Waals surface area (Å²) in [6.45, 7) is 10.8. The standard InChI is InChI=1S/C15H30N4/c1-7-10-16-11-14-12(4)17-19(6)15(14)18(5)13(8-2)9-3/h13,16H,7-11H2,1-6H3. The Balaban J connectivity index is 2.97. The second kappa shape index (κ2) is 7.53. The van der Waals surface area contributed by atoms with Crippen LogP contribution in [0, 0.1) is 6.92 Å². The number of nitrogens with one attached hydrogen (secondary N) is 1. The van der Waals surface area contributed by atoms with Gasteiger partial charge in [0, 0.05) is 32.2 Å². The van der Waals surface area contributed by atoms with Crippen molar-refractivity contribution < 1.29 is 0 Å². The lowest BCUT2D eigenvalue weighted by Gasteiger charge is -2.29. The summed E-state index contributed by atoms with van der Waals surface area (Å²) in [6.07, 6.45) is 3.50. The van der Waals surface area contributed by atoms with Gasteiger partial charge in [-0.3, -0.25) is 4.68 Å². The lowest BCUT2D eigenvalue weighted by Crippen LogP contribution is -2.33. The number of rotatable bonds is 8. The third kappa shape index (κ3) is 3.72. The highest BCUT2D eigenvalue weighted by molar-refractivity contribution is 5.50. The van der Waals surface area contributed by atoms with Gasteiger partial charge in [0.05, 0.1) is 5.69 Å². The Hall–Kier alpha value is -1.03. The van der Waals surface area contributed by atoms with Gasteiger partial charge < -0.3 is 10.2 Å². The minimum absolute atomic E-state index is 0.583. The molecule has 4 nitrogen and oxygen atoms in total. The highest BCUT2D eigenvalue weighted by Crippen LogP contribution is 2.25. The Kier molecular flexibility index (Phi) is 6.35. The molecule has 1 rings (SSSR count). The molecule has 0 aromatic carbocycles. The molecule has 0 atom stereocenters. The van der Waals surface area contributed by atoms with Crippen LogP contribution in [0.4, 0.5) is 5.82 Å². The summed E-state index contributed by atoms with van der Waals surface area (Å²) < 4.78 is 2.02. The van der Waals surface area contributed by atoms with E-state index in [4.69, 9.17) is 0 Å². The minimum Gasteiger partial charge on any atom is -0.357 e. The predicted molar refractivity (Wildman–Crippen MR) is 82.7 cm³/mol. The fraction of sp³-hybridized carbons (Fsp3) is 0.800. The predicted octanol–water partition coefficient (Wildman–Crippen LogP) is 2.85. The third-order valence-electron chi connectivity index (χ3n) is 3.87. The number of aromatic nitrogens is 2. The Morgan fingerprint density at radius 1 is 1.26 bits per heavy atom.